The molecule has 2 aliphatic rings. The van der Waals surface area contributed by atoms with Crippen LogP contribution in [0.4, 0.5) is 15.9 Å². The second-order valence-corrected chi connectivity index (χ2v) is 18.5. The number of amides is 3. The molecule has 1 fully saturated rings. The average molecular weight is 657 g/mol. The number of hydrogen-bond donors (Lipinski definition) is 2. The second kappa shape index (κ2) is 13.4. The number of pyridine rings is 1. The van der Waals surface area contributed by atoms with Crippen LogP contribution in [-0.2, 0) is 31.0 Å². The van der Waals surface area contributed by atoms with Gasteiger partial charge >= 0.3 is 0 Å². The molecule has 2 aliphatic heterocycles. The SMILES string of the molecule is CCn1nccc1C(=O)NC(C(=O)Nc1cc2c(cn1)C1(CCOCC1)C(=O)N2COCC[Si](C)(C)C)c1ccc(Cl)c(F)c1. The predicted octanol–water partition coefficient (Wildman–Crippen LogP) is 4.91. The van der Waals surface area contributed by atoms with E-state index in [0.29, 0.717) is 44.9 Å². The van der Waals surface area contributed by atoms with E-state index < -0.39 is 37.2 Å². The Morgan fingerprint density at radius 3 is 2.64 bits per heavy atom. The molecule has 5 rings (SSSR count). The number of anilines is 2. The Morgan fingerprint density at radius 2 is 1.96 bits per heavy atom. The number of carbonyl (C=O) groups is 3. The van der Waals surface area contributed by atoms with Crippen LogP contribution >= 0.6 is 11.6 Å². The zero-order chi connectivity index (χ0) is 32.4. The Morgan fingerprint density at radius 1 is 1.20 bits per heavy atom. The Bertz CT molecular complexity index is 1590. The maximum absolute atomic E-state index is 14.5. The van der Waals surface area contributed by atoms with Crippen LogP contribution < -0.4 is 15.5 Å². The van der Waals surface area contributed by atoms with Crippen LogP contribution in [0.25, 0.3) is 0 Å². The van der Waals surface area contributed by atoms with Crippen molar-refractivity contribution in [3.8, 4) is 0 Å². The minimum atomic E-state index is -1.34. The van der Waals surface area contributed by atoms with Crippen LogP contribution in [0.1, 0.15) is 47.4 Å². The summed E-state index contributed by atoms with van der Waals surface area (Å²) in [5, 5.41) is 9.45. The quantitative estimate of drug-likeness (QED) is 0.222. The lowest BCUT2D eigenvalue weighted by Gasteiger charge is -2.32. The Labute approximate surface area is 267 Å². The van der Waals surface area contributed by atoms with Crippen molar-refractivity contribution >= 4 is 48.9 Å². The number of hydrogen-bond acceptors (Lipinski definition) is 7. The van der Waals surface area contributed by atoms with Gasteiger partial charge in [0, 0.05) is 58.5 Å². The smallest absolute Gasteiger partial charge is 0.270 e. The topological polar surface area (TPSA) is 128 Å². The van der Waals surface area contributed by atoms with Gasteiger partial charge in [-0.25, -0.2) is 9.37 Å². The van der Waals surface area contributed by atoms with Gasteiger partial charge in [-0.2, -0.15) is 5.10 Å². The molecule has 45 heavy (non-hydrogen) atoms. The second-order valence-electron chi connectivity index (χ2n) is 12.5. The summed E-state index contributed by atoms with van der Waals surface area (Å²) in [6.45, 7) is 10.6. The fourth-order valence-corrected chi connectivity index (χ4v) is 6.50. The standard InChI is InChI=1S/C31H38ClFN6O5Si/c1-5-39-24(8-11-35-39)28(40)37-27(20-6-7-22(32)23(33)16-20)29(41)36-26-17-25-21(18-34-26)31(9-12-43-13-10-31)30(42)38(25)19-44-14-15-45(2,3)4/h6-8,11,16-18,27H,5,9-10,12-15,19H2,1-4H3,(H,37,40)(H,34,36,41). The molecule has 1 saturated heterocycles. The molecule has 0 aliphatic carbocycles. The molecule has 3 aromatic rings. The molecular weight excluding hydrogens is 619 g/mol. The molecule has 11 nitrogen and oxygen atoms in total. The first kappa shape index (κ1) is 32.7. The highest BCUT2D eigenvalue weighted by Crippen LogP contribution is 2.48. The fourth-order valence-electron chi connectivity index (χ4n) is 5.63. The normalized spacial score (nSPS) is 16.5. The summed E-state index contributed by atoms with van der Waals surface area (Å²) in [4.78, 5) is 47.0. The largest absolute Gasteiger partial charge is 0.381 e. The first-order chi connectivity index (χ1) is 21.4. The zero-order valence-electron chi connectivity index (χ0n) is 25.9. The van der Waals surface area contributed by atoms with E-state index in [-0.39, 0.29) is 34.7 Å². The third-order valence-electron chi connectivity index (χ3n) is 8.22. The van der Waals surface area contributed by atoms with E-state index in [9.17, 15) is 18.8 Å². The van der Waals surface area contributed by atoms with Crippen molar-refractivity contribution in [2.24, 2.45) is 0 Å². The number of nitrogens with zero attached hydrogens (tertiary/aromatic N) is 4. The third kappa shape index (κ3) is 6.96. The number of halogens is 2. The van der Waals surface area contributed by atoms with Crippen LogP contribution in [0.3, 0.4) is 0 Å². The minimum absolute atomic E-state index is 0.0736. The summed E-state index contributed by atoms with van der Waals surface area (Å²) in [6, 6.07) is 6.72. The van der Waals surface area contributed by atoms with Crippen LogP contribution in [-0.4, -0.2) is 67.1 Å². The average Bonchev–Trinajstić information content (AvgIpc) is 3.57. The Hall–Kier alpha value is -3.65. The maximum Gasteiger partial charge on any atom is 0.270 e. The van der Waals surface area contributed by atoms with Gasteiger partial charge in [-0.15, -0.1) is 0 Å². The number of carbonyl (C=O) groups excluding carboxylic acids is 3. The summed E-state index contributed by atoms with van der Waals surface area (Å²) in [7, 11) is -1.34. The lowest BCUT2D eigenvalue weighted by molar-refractivity contribution is -0.127. The highest BCUT2D eigenvalue weighted by molar-refractivity contribution is 6.76. The van der Waals surface area contributed by atoms with E-state index in [1.54, 1.807) is 17.2 Å². The minimum Gasteiger partial charge on any atom is -0.381 e. The number of ether oxygens (including phenoxy) is 2. The molecular formula is C31H38ClFN6O5Si. The van der Waals surface area contributed by atoms with E-state index in [4.69, 9.17) is 21.1 Å². The van der Waals surface area contributed by atoms with Gasteiger partial charge in [0.25, 0.3) is 11.8 Å². The summed E-state index contributed by atoms with van der Waals surface area (Å²) < 4.78 is 27.5. The van der Waals surface area contributed by atoms with Crippen LogP contribution in [0.5, 0.6) is 0 Å². The first-order valence-corrected chi connectivity index (χ1v) is 19.1. The lowest BCUT2D eigenvalue weighted by atomic mass is 9.76. The molecule has 3 amide bonds. The van der Waals surface area contributed by atoms with Gasteiger partial charge in [0.2, 0.25) is 5.91 Å². The molecule has 0 radical (unpaired) electrons. The molecule has 1 unspecified atom stereocenters. The Kier molecular flexibility index (Phi) is 9.73. The van der Waals surface area contributed by atoms with Gasteiger partial charge in [0.15, 0.2) is 0 Å². The first-order valence-electron chi connectivity index (χ1n) is 15.0. The van der Waals surface area contributed by atoms with Gasteiger partial charge in [-0.1, -0.05) is 37.3 Å². The molecule has 1 spiro atoms. The molecule has 4 heterocycles. The highest BCUT2D eigenvalue weighted by atomic mass is 35.5. The predicted molar refractivity (Wildman–Crippen MR) is 171 cm³/mol. The van der Waals surface area contributed by atoms with E-state index in [2.05, 4.69) is 40.4 Å². The zero-order valence-corrected chi connectivity index (χ0v) is 27.6. The van der Waals surface area contributed by atoms with Crippen molar-refractivity contribution in [1.82, 2.24) is 20.1 Å². The summed E-state index contributed by atoms with van der Waals surface area (Å²) in [6.07, 6.45) is 4.13. The van der Waals surface area contributed by atoms with Crippen molar-refractivity contribution in [2.75, 3.05) is 36.8 Å². The fraction of sp³-hybridized carbons (Fsp3) is 0.452. The van der Waals surface area contributed by atoms with E-state index in [1.807, 2.05) is 6.92 Å². The van der Waals surface area contributed by atoms with Gasteiger partial charge in [0.1, 0.15) is 30.1 Å². The van der Waals surface area contributed by atoms with E-state index in [0.717, 1.165) is 17.7 Å². The van der Waals surface area contributed by atoms with Gasteiger partial charge in [-0.05, 0) is 49.6 Å². The number of fused-ring (bicyclic) bond motifs is 2. The monoisotopic (exact) mass is 656 g/mol. The van der Waals surface area contributed by atoms with Crippen molar-refractivity contribution in [1.29, 1.82) is 0 Å². The van der Waals surface area contributed by atoms with E-state index in [1.165, 1.54) is 29.1 Å². The van der Waals surface area contributed by atoms with Crippen LogP contribution in [0.2, 0.25) is 30.7 Å². The van der Waals surface area contributed by atoms with Gasteiger partial charge in [-0.3, -0.25) is 24.0 Å². The number of benzene rings is 1. The summed E-state index contributed by atoms with van der Waals surface area (Å²) in [5.41, 5.74) is 1.01. The molecule has 14 heteroatoms. The van der Waals surface area contributed by atoms with Crippen molar-refractivity contribution < 1.29 is 28.2 Å². The molecule has 0 bridgehead atoms. The van der Waals surface area contributed by atoms with Gasteiger partial charge < -0.3 is 20.1 Å². The number of rotatable bonds is 11. The van der Waals surface area contributed by atoms with Crippen LogP contribution in [0.15, 0.2) is 42.7 Å². The highest BCUT2D eigenvalue weighted by Gasteiger charge is 2.52. The summed E-state index contributed by atoms with van der Waals surface area (Å²) in [5.74, 6) is -1.88. The van der Waals surface area contributed by atoms with E-state index >= 15 is 0 Å². The van der Waals surface area contributed by atoms with Crippen molar-refractivity contribution in [2.45, 2.75) is 63.5 Å². The van der Waals surface area contributed by atoms with Crippen LogP contribution in [0, 0.1) is 5.82 Å². The third-order valence-corrected chi connectivity index (χ3v) is 10.2. The molecule has 240 valence electrons. The summed E-state index contributed by atoms with van der Waals surface area (Å²) >= 11 is 5.90. The number of aryl methyl sites for hydroxylation is 1. The number of aromatic nitrogens is 3. The lowest BCUT2D eigenvalue weighted by Crippen LogP contribution is -2.44. The molecule has 1 aromatic carbocycles. The van der Waals surface area contributed by atoms with Crippen molar-refractivity contribution in [3.63, 3.8) is 0 Å². The molecule has 1 atom stereocenters. The molecule has 0 saturated carbocycles. The van der Waals surface area contributed by atoms with Gasteiger partial charge in [0.05, 0.1) is 16.1 Å². The molecule has 2 aromatic heterocycles. The number of nitrogens with one attached hydrogen (secondary N) is 2. The molecule has 2 N–H and O–H groups in total. The maximum atomic E-state index is 14.5. The Balaban J connectivity index is 1.43. The van der Waals surface area contributed by atoms with Crippen molar-refractivity contribution in [3.05, 3.63) is 70.4 Å².